The molecule has 0 aliphatic carbocycles. The summed E-state index contributed by atoms with van der Waals surface area (Å²) >= 11 is 0. The topological polar surface area (TPSA) is 7.76 Å². The van der Waals surface area contributed by atoms with Gasteiger partial charge in [-0.25, -0.2) is 0 Å². The van der Waals surface area contributed by atoms with Crippen LogP contribution in [0.3, 0.4) is 0 Å². The SMILES string of the molecule is C.C[n+]1c2ccccc2c(-c2c3ccccc3[n+](C)c3ccccc23)c2ccccc21. The first-order valence-corrected chi connectivity index (χ1v) is 10.3. The van der Waals surface area contributed by atoms with E-state index in [0.717, 1.165) is 0 Å². The third kappa shape index (κ3) is 2.65. The molecule has 6 rings (SSSR count). The number of hydrogen-bond donors (Lipinski definition) is 0. The number of aromatic nitrogens is 2. The number of pyridine rings is 2. The van der Waals surface area contributed by atoms with Crippen LogP contribution in [0.15, 0.2) is 97.1 Å². The minimum atomic E-state index is 0. The van der Waals surface area contributed by atoms with Gasteiger partial charge in [-0.05, 0) is 24.3 Å². The van der Waals surface area contributed by atoms with E-state index in [1.807, 2.05) is 0 Å². The second-order valence-corrected chi connectivity index (χ2v) is 7.94. The van der Waals surface area contributed by atoms with Crippen LogP contribution in [0.1, 0.15) is 7.43 Å². The van der Waals surface area contributed by atoms with Gasteiger partial charge in [0.05, 0.1) is 21.5 Å². The van der Waals surface area contributed by atoms with E-state index >= 15 is 0 Å². The third-order valence-electron chi connectivity index (χ3n) is 6.39. The van der Waals surface area contributed by atoms with Crippen LogP contribution in [0.2, 0.25) is 0 Å². The highest BCUT2D eigenvalue weighted by Crippen LogP contribution is 2.40. The Morgan fingerprint density at radius 3 is 0.871 bits per heavy atom. The lowest BCUT2D eigenvalue weighted by Crippen LogP contribution is -2.31. The van der Waals surface area contributed by atoms with E-state index in [0.29, 0.717) is 0 Å². The van der Waals surface area contributed by atoms with Crippen LogP contribution in [0.4, 0.5) is 0 Å². The van der Waals surface area contributed by atoms with Crippen molar-refractivity contribution in [2.75, 3.05) is 0 Å². The van der Waals surface area contributed by atoms with Crippen LogP contribution in [-0.2, 0) is 14.1 Å². The summed E-state index contributed by atoms with van der Waals surface area (Å²) in [7, 11) is 4.32. The molecule has 6 aromatic rings. The van der Waals surface area contributed by atoms with E-state index < -0.39 is 0 Å². The molecule has 4 aromatic carbocycles. The van der Waals surface area contributed by atoms with E-state index in [9.17, 15) is 0 Å². The summed E-state index contributed by atoms with van der Waals surface area (Å²) in [5.41, 5.74) is 7.60. The number of aryl methyl sites for hydroxylation is 2. The first kappa shape index (κ1) is 19.2. The second-order valence-electron chi connectivity index (χ2n) is 7.94. The minimum absolute atomic E-state index is 0. The molecular weight excluding hydrogens is 376 g/mol. The fourth-order valence-electron chi connectivity index (χ4n) is 5.00. The van der Waals surface area contributed by atoms with Gasteiger partial charge in [-0.15, -0.1) is 0 Å². The Labute approximate surface area is 182 Å². The summed E-state index contributed by atoms with van der Waals surface area (Å²) in [4.78, 5) is 0. The predicted octanol–water partition coefficient (Wildman–Crippen LogP) is 6.25. The van der Waals surface area contributed by atoms with Gasteiger partial charge in [0.15, 0.2) is 0 Å². The highest BCUT2D eigenvalue weighted by atomic mass is 14.9. The van der Waals surface area contributed by atoms with E-state index in [2.05, 4.69) is 120 Å². The quantitative estimate of drug-likeness (QED) is 0.227. The number of fused-ring (bicyclic) bond motifs is 4. The van der Waals surface area contributed by atoms with Crippen molar-refractivity contribution >= 4 is 43.6 Å². The zero-order valence-corrected chi connectivity index (χ0v) is 17.1. The first-order chi connectivity index (χ1) is 14.8. The molecule has 0 aliphatic rings. The Kier molecular flexibility index (Phi) is 4.44. The van der Waals surface area contributed by atoms with Gasteiger partial charge in [0, 0.05) is 35.4 Å². The molecule has 0 aliphatic heterocycles. The molecule has 0 amide bonds. The van der Waals surface area contributed by atoms with Gasteiger partial charge in [-0.1, -0.05) is 56.0 Å². The molecule has 0 radical (unpaired) electrons. The maximum Gasteiger partial charge on any atom is 0.213 e. The van der Waals surface area contributed by atoms with E-state index in [-0.39, 0.29) is 7.43 Å². The molecule has 31 heavy (non-hydrogen) atoms. The van der Waals surface area contributed by atoms with Crippen molar-refractivity contribution in [3.05, 3.63) is 97.1 Å². The molecular formula is C29H26N2+2. The molecule has 0 N–H and O–H groups in total. The molecule has 0 bridgehead atoms. The number of para-hydroxylation sites is 4. The molecule has 0 saturated carbocycles. The van der Waals surface area contributed by atoms with Crippen LogP contribution in [-0.4, -0.2) is 0 Å². The van der Waals surface area contributed by atoms with Gasteiger partial charge >= 0.3 is 0 Å². The smallest absolute Gasteiger partial charge is 0.194 e. The Morgan fingerprint density at radius 2 is 0.613 bits per heavy atom. The molecule has 2 heteroatoms. The fourth-order valence-corrected chi connectivity index (χ4v) is 5.00. The van der Waals surface area contributed by atoms with E-state index in [1.165, 1.54) is 54.7 Å². The highest BCUT2D eigenvalue weighted by Gasteiger charge is 2.24. The van der Waals surface area contributed by atoms with Gasteiger partial charge in [0.1, 0.15) is 14.1 Å². The number of rotatable bonds is 1. The van der Waals surface area contributed by atoms with Gasteiger partial charge in [-0.2, -0.15) is 9.13 Å². The average molecular weight is 403 g/mol. The van der Waals surface area contributed by atoms with Gasteiger partial charge in [0.2, 0.25) is 22.1 Å². The lowest BCUT2D eigenvalue weighted by Gasteiger charge is -2.14. The highest BCUT2D eigenvalue weighted by molar-refractivity contribution is 6.18. The predicted molar refractivity (Wildman–Crippen MR) is 131 cm³/mol. The lowest BCUT2D eigenvalue weighted by atomic mass is 9.90. The standard InChI is InChI=1S/C28H22N2.CH4/c1-29-23-15-7-3-11-19(23)27(20-12-4-8-16-24(20)29)28-21-13-5-9-17-25(21)30(2)26-18-10-6-14-22(26)28;/h3-18H,1-2H3;1H4/q+2;. The summed E-state index contributed by atoms with van der Waals surface area (Å²) in [5, 5.41) is 5.12. The molecule has 0 spiro atoms. The molecule has 0 unspecified atom stereocenters. The zero-order chi connectivity index (χ0) is 20.2. The van der Waals surface area contributed by atoms with Crippen LogP contribution < -0.4 is 9.13 Å². The average Bonchev–Trinajstić information content (AvgIpc) is 2.81. The lowest BCUT2D eigenvalue weighted by molar-refractivity contribution is -0.617. The van der Waals surface area contributed by atoms with Crippen molar-refractivity contribution in [2.45, 2.75) is 7.43 Å². The van der Waals surface area contributed by atoms with Crippen LogP contribution >= 0.6 is 0 Å². The third-order valence-corrected chi connectivity index (χ3v) is 6.39. The summed E-state index contributed by atoms with van der Waals surface area (Å²) in [6.45, 7) is 0. The fraction of sp³-hybridized carbons (Fsp3) is 0.103. The molecule has 2 heterocycles. The number of benzene rings is 4. The van der Waals surface area contributed by atoms with Crippen LogP contribution in [0.5, 0.6) is 0 Å². The van der Waals surface area contributed by atoms with Crippen molar-refractivity contribution < 1.29 is 9.13 Å². The van der Waals surface area contributed by atoms with Gasteiger partial charge in [0.25, 0.3) is 0 Å². The van der Waals surface area contributed by atoms with Crippen LogP contribution in [0.25, 0.3) is 54.7 Å². The Hall–Kier alpha value is -3.78. The monoisotopic (exact) mass is 402 g/mol. The van der Waals surface area contributed by atoms with Crippen molar-refractivity contribution in [1.82, 2.24) is 0 Å². The van der Waals surface area contributed by atoms with Crippen molar-refractivity contribution in [2.24, 2.45) is 14.1 Å². The summed E-state index contributed by atoms with van der Waals surface area (Å²) in [5.74, 6) is 0. The largest absolute Gasteiger partial charge is 0.213 e. The molecule has 0 saturated heterocycles. The van der Waals surface area contributed by atoms with Crippen molar-refractivity contribution in [3.63, 3.8) is 0 Å². The molecule has 0 atom stereocenters. The normalized spacial score (nSPS) is 11.3. The summed E-state index contributed by atoms with van der Waals surface area (Å²) in [6.07, 6.45) is 0. The maximum absolute atomic E-state index is 2.31. The molecule has 2 nitrogen and oxygen atoms in total. The van der Waals surface area contributed by atoms with Gasteiger partial charge < -0.3 is 0 Å². The minimum Gasteiger partial charge on any atom is -0.194 e. The summed E-state index contributed by atoms with van der Waals surface area (Å²) in [6, 6.07) is 35.0. The van der Waals surface area contributed by atoms with Crippen molar-refractivity contribution in [3.8, 4) is 11.1 Å². The summed E-state index contributed by atoms with van der Waals surface area (Å²) < 4.78 is 4.61. The maximum atomic E-state index is 2.31. The number of nitrogens with zero attached hydrogens (tertiary/aromatic N) is 2. The first-order valence-electron chi connectivity index (χ1n) is 10.3. The van der Waals surface area contributed by atoms with E-state index in [1.54, 1.807) is 0 Å². The molecule has 0 fully saturated rings. The Morgan fingerprint density at radius 1 is 0.387 bits per heavy atom. The number of hydrogen-bond acceptors (Lipinski definition) is 0. The zero-order valence-electron chi connectivity index (χ0n) is 17.1. The van der Waals surface area contributed by atoms with E-state index in [4.69, 9.17) is 0 Å². The Bertz CT molecular complexity index is 1380. The Balaban J connectivity index is 0.00000204. The van der Waals surface area contributed by atoms with Gasteiger partial charge in [-0.3, -0.25) is 0 Å². The second kappa shape index (κ2) is 7.17. The van der Waals surface area contributed by atoms with Crippen molar-refractivity contribution in [1.29, 1.82) is 0 Å². The molecule has 150 valence electrons. The van der Waals surface area contributed by atoms with Crippen LogP contribution in [0, 0.1) is 0 Å². The molecule has 2 aromatic heterocycles.